The quantitative estimate of drug-likeness (QED) is 0.928. The molecule has 0 bridgehead atoms. The van der Waals surface area contributed by atoms with Crippen LogP contribution < -0.4 is 5.32 Å². The van der Waals surface area contributed by atoms with Crippen molar-refractivity contribution in [2.75, 3.05) is 31.5 Å². The van der Waals surface area contributed by atoms with E-state index < -0.39 is 0 Å². The lowest BCUT2D eigenvalue weighted by atomic mass is 10.3. The summed E-state index contributed by atoms with van der Waals surface area (Å²) in [6.45, 7) is 4.56. The Morgan fingerprint density at radius 2 is 1.73 bits per heavy atom. The second kappa shape index (κ2) is 8.03. The van der Waals surface area contributed by atoms with E-state index in [2.05, 4.69) is 5.32 Å². The van der Waals surface area contributed by atoms with Crippen molar-refractivity contribution in [3.05, 3.63) is 29.3 Å². The first-order valence-electron chi connectivity index (χ1n) is 7.69. The van der Waals surface area contributed by atoms with Gasteiger partial charge in [0.15, 0.2) is 0 Å². The number of hydrogen-bond donors (Lipinski definition) is 1. The van der Waals surface area contributed by atoms with Crippen molar-refractivity contribution in [2.45, 2.75) is 26.2 Å². The van der Waals surface area contributed by atoms with E-state index in [0.29, 0.717) is 31.1 Å². The smallest absolute Gasteiger partial charge is 0.321 e. The Kier molecular flexibility index (Phi) is 6.07. The largest absolute Gasteiger partial charge is 0.341 e. The lowest BCUT2D eigenvalue weighted by Crippen LogP contribution is -2.39. The van der Waals surface area contributed by atoms with E-state index >= 15 is 0 Å². The third-order valence-electron chi connectivity index (χ3n) is 3.70. The Balaban J connectivity index is 1.88. The van der Waals surface area contributed by atoms with Crippen LogP contribution in [0.15, 0.2) is 24.3 Å². The fraction of sp³-hybridized carbons (Fsp3) is 0.500. The third-order valence-corrected chi connectivity index (χ3v) is 3.95. The molecule has 0 atom stereocenters. The van der Waals surface area contributed by atoms with Crippen molar-refractivity contribution in [3.63, 3.8) is 0 Å². The number of anilines is 1. The number of nitrogens with one attached hydrogen (secondary N) is 1. The molecule has 1 heterocycles. The summed E-state index contributed by atoms with van der Waals surface area (Å²) >= 11 is 5.83. The van der Waals surface area contributed by atoms with Crippen LogP contribution in [0.5, 0.6) is 0 Å². The molecule has 1 N–H and O–H groups in total. The summed E-state index contributed by atoms with van der Waals surface area (Å²) in [6, 6.07) is 6.90. The zero-order valence-corrected chi connectivity index (χ0v) is 13.6. The van der Waals surface area contributed by atoms with Gasteiger partial charge in [0.05, 0.1) is 0 Å². The highest BCUT2D eigenvalue weighted by molar-refractivity contribution is 6.30. The number of nitrogens with zero attached hydrogens (tertiary/aromatic N) is 2. The molecule has 0 unspecified atom stereocenters. The molecule has 120 valence electrons. The van der Waals surface area contributed by atoms with Crippen LogP contribution in [0, 0.1) is 0 Å². The molecule has 1 aliphatic rings. The molecular weight excluding hydrogens is 302 g/mol. The molecule has 3 amide bonds. The van der Waals surface area contributed by atoms with Crippen LogP contribution in [0.1, 0.15) is 26.2 Å². The van der Waals surface area contributed by atoms with Gasteiger partial charge in [-0.05, 0) is 37.1 Å². The molecule has 1 fully saturated rings. The summed E-state index contributed by atoms with van der Waals surface area (Å²) < 4.78 is 0. The third kappa shape index (κ3) is 4.63. The van der Waals surface area contributed by atoms with Gasteiger partial charge in [-0.2, -0.15) is 0 Å². The van der Waals surface area contributed by atoms with Gasteiger partial charge >= 0.3 is 6.03 Å². The Hall–Kier alpha value is -1.75. The zero-order chi connectivity index (χ0) is 15.9. The fourth-order valence-electron chi connectivity index (χ4n) is 2.48. The highest BCUT2D eigenvalue weighted by atomic mass is 35.5. The molecule has 1 aromatic carbocycles. The number of carbonyl (C=O) groups excluding carboxylic acids is 2. The maximum absolute atomic E-state index is 12.3. The maximum Gasteiger partial charge on any atom is 0.321 e. The van der Waals surface area contributed by atoms with Crippen LogP contribution >= 0.6 is 11.6 Å². The van der Waals surface area contributed by atoms with Crippen molar-refractivity contribution < 1.29 is 9.59 Å². The average molecular weight is 324 g/mol. The minimum absolute atomic E-state index is 0.132. The Bertz CT molecular complexity index is 519. The topological polar surface area (TPSA) is 52.7 Å². The van der Waals surface area contributed by atoms with E-state index in [9.17, 15) is 9.59 Å². The second-order valence-corrected chi connectivity index (χ2v) is 5.84. The summed E-state index contributed by atoms with van der Waals surface area (Å²) in [6.07, 6.45) is 2.25. The number of urea groups is 1. The summed E-state index contributed by atoms with van der Waals surface area (Å²) in [5, 5.41) is 3.50. The molecule has 0 saturated carbocycles. The van der Waals surface area contributed by atoms with E-state index in [1.54, 1.807) is 29.2 Å². The predicted molar refractivity (Wildman–Crippen MR) is 88.1 cm³/mol. The summed E-state index contributed by atoms with van der Waals surface area (Å²) in [4.78, 5) is 27.8. The molecule has 6 heteroatoms. The second-order valence-electron chi connectivity index (χ2n) is 5.41. The highest BCUT2D eigenvalue weighted by Crippen LogP contribution is 2.14. The molecule has 5 nitrogen and oxygen atoms in total. The molecule has 1 aliphatic heterocycles. The van der Waals surface area contributed by atoms with Crippen LogP contribution in [0.2, 0.25) is 5.02 Å². The number of halogens is 1. The zero-order valence-electron chi connectivity index (χ0n) is 12.8. The SMILES string of the molecule is CCCC(=O)N1CCCN(C(=O)Nc2ccc(Cl)cc2)CC1. The van der Waals surface area contributed by atoms with Gasteiger partial charge < -0.3 is 15.1 Å². The van der Waals surface area contributed by atoms with Crippen LogP contribution in [-0.4, -0.2) is 47.9 Å². The van der Waals surface area contributed by atoms with E-state index in [-0.39, 0.29) is 11.9 Å². The lowest BCUT2D eigenvalue weighted by Gasteiger charge is -2.22. The van der Waals surface area contributed by atoms with Crippen LogP contribution in [-0.2, 0) is 4.79 Å². The molecular formula is C16H22ClN3O2. The van der Waals surface area contributed by atoms with E-state index in [1.807, 2.05) is 11.8 Å². The van der Waals surface area contributed by atoms with Crippen molar-refractivity contribution in [1.82, 2.24) is 9.80 Å². The van der Waals surface area contributed by atoms with Gasteiger partial charge in [-0.3, -0.25) is 4.79 Å². The lowest BCUT2D eigenvalue weighted by molar-refractivity contribution is -0.131. The van der Waals surface area contributed by atoms with Gasteiger partial charge in [0.2, 0.25) is 5.91 Å². The van der Waals surface area contributed by atoms with E-state index in [0.717, 1.165) is 25.1 Å². The standard InChI is InChI=1S/C16H22ClN3O2/c1-2-4-15(21)19-9-3-10-20(12-11-19)16(22)18-14-7-5-13(17)6-8-14/h5-8H,2-4,9-12H2,1H3,(H,18,22). The minimum Gasteiger partial charge on any atom is -0.341 e. The van der Waals surface area contributed by atoms with Gasteiger partial charge in [0, 0.05) is 43.3 Å². The Morgan fingerprint density at radius 3 is 2.41 bits per heavy atom. The van der Waals surface area contributed by atoms with Crippen LogP contribution in [0.4, 0.5) is 10.5 Å². The molecule has 1 aromatic rings. The number of benzene rings is 1. The minimum atomic E-state index is -0.132. The predicted octanol–water partition coefficient (Wildman–Crippen LogP) is 3.21. The maximum atomic E-state index is 12.3. The van der Waals surface area contributed by atoms with Gasteiger partial charge in [-0.15, -0.1) is 0 Å². The number of rotatable bonds is 3. The number of amides is 3. The molecule has 1 saturated heterocycles. The van der Waals surface area contributed by atoms with Crippen molar-refractivity contribution in [2.24, 2.45) is 0 Å². The number of carbonyl (C=O) groups is 2. The first kappa shape index (κ1) is 16.6. The van der Waals surface area contributed by atoms with Crippen molar-refractivity contribution >= 4 is 29.2 Å². The molecule has 22 heavy (non-hydrogen) atoms. The van der Waals surface area contributed by atoms with Gasteiger partial charge in [0.1, 0.15) is 0 Å². The van der Waals surface area contributed by atoms with Crippen molar-refractivity contribution in [1.29, 1.82) is 0 Å². The Labute approximate surface area is 136 Å². The Morgan fingerprint density at radius 1 is 1.09 bits per heavy atom. The molecule has 0 spiro atoms. The van der Waals surface area contributed by atoms with Crippen LogP contribution in [0.25, 0.3) is 0 Å². The highest BCUT2D eigenvalue weighted by Gasteiger charge is 2.21. The molecule has 0 aromatic heterocycles. The van der Waals surface area contributed by atoms with Crippen molar-refractivity contribution in [3.8, 4) is 0 Å². The van der Waals surface area contributed by atoms with Gasteiger partial charge in [-0.25, -0.2) is 4.79 Å². The van der Waals surface area contributed by atoms with Gasteiger partial charge in [0.25, 0.3) is 0 Å². The summed E-state index contributed by atoms with van der Waals surface area (Å²) in [5.74, 6) is 0.183. The monoisotopic (exact) mass is 323 g/mol. The first-order valence-corrected chi connectivity index (χ1v) is 8.07. The molecule has 2 rings (SSSR count). The van der Waals surface area contributed by atoms with E-state index in [4.69, 9.17) is 11.6 Å². The van der Waals surface area contributed by atoms with Crippen LogP contribution in [0.3, 0.4) is 0 Å². The molecule has 0 radical (unpaired) electrons. The average Bonchev–Trinajstić information content (AvgIpc) is 2.76. The fourth-order valence-corrected chi connectivity index (χ4v) is 2.60. The molecule has 0 aliphatic carbocycles. The van der Waals surface area contributed by atoms with E-state index in [1.165, 1.54) is 0 Å². The normalized spacial score (nSPS) is 15.4. The summed E-state index contributed by atoms with van der Waals surface area (Å²) in [5.41, 5.74) is 0.720. The van der Waals surface area contributed by atoms with Gasteiger partial charge in [-0.1, -0.05) is 18.5 Å². The number of hydrogen-bond acceptors (Lipinski definition) is 2. The summed E-state index contributed by atoms with van der Waals surface area (Å²) in [7, 11) is 0. The first-order chi connectivity index (χ1) is 10.6.